The van der Waals surface area contributed by atoms with Crippen molar-refractivity contribution >= 4 is 11.9 Å². The first kappa shape index (κ1) is 20.9. The number of ether oxygens (including phenoxy) is 1. The molecule has 4 fully saturated rings. The molecule has 4 rings (SSSR count). The number of hydrogen-bond donors (Lipinski definition) is 1. The summed E-state index contributed by atoms with van der Waals surface area (Å²) in [6.45, 7) is 4.98. The van der Waals surface area contributed by atoms with Crippen LogP contribution in [0.2, 0.25) is 0 Å². The predicted octanol–water partition coefficient (Wildman–Crippen LogP) is 2.50. The van der Waals surface area contributed by atoms with Gasteiger partial charge < -0.3 is 14.7 Å². The van der Waals surface area contributed by atoms with E-state index in [1.54, 1.807) is 0 Å². The highest BCUT2D eigenvalue weighted by Crippen LogP contribution is 2.43. The Hall–Kier alpha value is -1.40. The van der Waals surface area contributed by atoms with Gasteiger partial charge in [-0.1, -0.05) is 19.1 Å². The number of piperidine rings is 4. The molecule has 1 amide bonds. The van der Waals surface area contributed by atoms with Crippen LogP contribution in [0.15, 0.2) is 12.2 Å². The smallest absolute Gasteiger partial charge is 0.308 e. The van der Waals surface area contributed by atoms with Crippen LogP contribution in [0.1, 0.15) is 64.7 Å². The fourth-order valence-electron chi connectivity index (χ4n) is 6.09. The zero-order chi connectivity index (χ0) is 20.4. The number of aliphatic hydroxyl groups excluding tert-OH is 1. The standard InChI is InChI=1S/C23H36N2O4/c1-2-3-4-6-18(26)12-23(28)29-19-9-10-24-14-16-11-17(21(24)13-19)15-25-20(16)7-5-8-22(25)27/h3-4,16-21,26H,2,5-15H2,1H3/b4-3+/t16-,17-,18+,19-,20+,21-/m0/s1. The van der Waals surface area contributed by atoms with Crippen LogP contribution in [0.5, 0.6) is 0 Å². The summed E-state index contributed by atoms with van der Waals surface area (Å²) in [6.07, 6.45) is 10.6. The number of amides is 1. The van der Waals surface area contributed by atoms with Gasteiger partial charge >= 0.3 is 5.97 Å². The topological polar surface area (TPSA) is 70.1 Å². The minimum absolute atomic E-state index is 0.0616. The van der Waals surface area contributed by atoms with Crippen LogP contribution in [-0.2, 0) is 14.3 Å². The summed E-state index contributed by atoms with van der Waals surface area (Å²) in [6, 6.07) is 0.859. The quantitative estimate of drug-likeness (QED) is 0.544. The summed E-state index contributed by atoms with van der Waals surface area (Å²) >= 11 is 0. The van der Waals surface area contributed by atoms with E-state index in [-0.39, 0.29) is 18.5 Å². The van der Waals surface area contributed by atoms with Gasteiger partial charge in [-0.3, -0.25) is 14.5 Å². The highest BCUT2D eigenvalue weighted by atomic mass is 16.5. The minimum atomic E-state index is -0.666. The summed E-state index contributed by atoms with van der Waals surface area (Å²) in [7, 11) is 0. The molecule has 4 heterocycles. The van der Waals surface area contributed by atoms with Crippen molar-refractivity contribution in [1.82, 2.24) is 9.80 Å². The predicted molar refractivity (Wildman–Crippen MR) is 110 cm³/mol. The van der Waals surface area contributed by atoms with E-state index in [2.05, 4.69) is 9.80 Å². The Morgan fingerprint density at radius 2 is 2.03 bits per heavy atom. The number of hydrogen-bond acceptors (Lipinski definition) is 5. The molecule has 2 bridgehead atoms. The van der Waals surface area contributed by atoms with Crippen molar-refractivity contribution in [3.05, 3.63) is 12.2 Å². The molecule has 1 N–H and O–H groups in total. The van der Waals surface area contributed by atoms with Gasteiger partial charge in [0.1, 0.15) is 6.10 Å². The third-order valence-corrected chi connectivity index (χ3v) is 7.43. The van der Waals surface area contributed by atoms with Gasteiger partial charge in [-0.05, 0) is 50.4 Å². The Labute approximate surface area is 174 Å². The van der Waals surface area contributed by atoms with E-state index < -0.39 is 6.10 Å². The first-order chi connectivity index (χ1) is 14.0. The van der Waals surface area contributed by atoms with Crippen LogP contribution >= 0.6 is 0 Å². The van der Waals surface area contributed by atoms with Gasteiger partial charge in [0, 0.05) is 44.6 Å². The molecule has 0 aliphatic carbocycles. The van der Waals surface area contributed by atoms with Crippen molar-refractivity contribution < 1.29 is 19.4 Å². The largest absolute Gasteiger partial charge is 0.462 e. The molecular formula is C23H36N2O4. The van der Waals surface area contributed by atoms with Gasteiger partial charge in [-0.2, -0.15) is 0 Å². The molecule has 0 radical (unpaired) electrons. The van der Waals surface area contributed by atoms with Crippen LogP contribution in [0.25, 0.3) is 0 Å². The van der Waals surface area contributed by atoms with E-state index in [4.69, 9.17) is 4.74 Å². The monoisotopic (exact) mass is 404 g/mol. The Bertz CT molecular complexity index is 636. The number of nitrogens with zero attached hydrogens (tertiary/aromatic N) is 2. The van der Waals surface area contributed by atoms with E-state index in [0.717, 1.165) is 51.7 Å². The molecule has 6 heteroatoms. The fraction of sp³-hybridized carbons (Fsp3) is 0.826. The van der Waals surface area contributed by atoms with Crippen molar-refractivity contribution in [3.8, 4) is 0 Å². The van der Waals surface area contributed by atoms with E-state index in [1.807, 2.05) is 19.1 Å². The van der Waals surface area contributed by atoms with Gasteiger partial charge in [0.25, 0.3) is 0 Å². The average molecular weight is 405 g/mol. The average Bonchev–Trinajstić information content (AvgIpc) is 2.69. The number of rotatable bonds is 6. The molecule has 29 heavy (non-hydrogen) atoms. The molecule has 4 saturated heterocycles. The molecule has 0 saturated carbocycles. The Morgan fingerprint density at radius 3 is 2.86 bits per heavy atom. The third kappa shape index (κ3) is 4.69. The number of carbonyl (C=O) groups is 2. The summed E-state index contributed by atoms with van der Waals surface area (Å²) in [5.41, 5.74) is 0. The zero-order valence-corrected chi connectivity index (χ0v) is 17.7. The summed E-state index contributed by atoms with van der Waals surface area (Å²) in [5.74, 6) is 1.16. The van der Waals surface area contributed by atoms with Crippen LogP contribution in [0.4, 0.5) is 0 Å². The van der Waals surface area contributed by atoms with Crippen LogP contribution < -0.4 is 0 Å². The van der Waals surface area contributed by atoms with E-state index >= 15 is 0 Å². The van der Waals surface area contributed by atoms with Crippen molar-refractivity contribution in [3.63, 3.8) is 0 Å². The highest BCUT2D eigenvalue weighted by molar-refractivity contribution is 5.77. The second kappa shape index (κ2) is 9.17. The Morgan fingerprint density at radius 1 is 1.21 bits per heavy atom. The Kier molecular flexibility index (Phi) is 6.60. The third-order valence-electron chi connectivity index (χ3n) is 7.43. The van der Waals surface area contributed by atoms with E-state index in [1.165, 1.54) is 6.42 Å². The Balaban J connectivity index is 1.31. The van der Waals surface area contributed by atoms with Crippen molar-refractivity contribution in [2.75, 3.05) is 19.6 Å². The molecule has 0 spiro atoms. The molecule has 4 aliphatic rings. The number of carbonyl (C=O) groups excluding carboxylic acids is 2. The van der Waals surface area contributed by atoms with Gasteiger partial charge in [0.2, 0.25) is 5.91 Å². The number of aliphatic hydroxyl groups is 1. The summed E-state index contributed by atoms with van der Waals surface area (Å²) in [4.78, 5) is 29.5. The second-order valence-corrected chi connectivity index (χ2v) is 9.43. The molecular weight excluding hydrogens is 368 g/mol. The maximum atomic E-state index is 12.4. The zero-order valence-electron chi connectivity index (χ0n) is 17.7. The number of esters is 1. The van der Waals surface area contributed by atoms with Gasteiger partial charge in [-0.15, -0.1) is 0 Å². The summed E-state index contributed by atoms with van der Waals surface area (Å²) < 4.78 is 5.75. The van der Waals surface area contributed by atoms with E-state index in [0.29, 0.717) is 42.7 Å². The van der Waals surface area contributed by atoms with Gasteiger partial charge in [-0.25, -0.2) is 0 Å². The first-order valence-corrected chi connectivity index (χ1v) is 11.6. The van der Waals surface area contributed by atoms with Crippen molar-refractivity contribution in [2.45, 2.75) is 89.0 Å². The summed E-state index contributed by atoms with van der Waals surface area (Å²) in [5, 5.41) is 10.0. The molecule has 6 nitrogen and oxygen atoms in total. The molecule has 0 aromatic heterocycles. The molecule has 0 unspecified atom stereocenters. The van der Waals surface area contributed by atoms with Crippen LogP contribution in [0.3, 0.4) is 0 Å². The molecule has 0 aromatic rings. The normalized spacial score (nSPS) is 35.9. The van der Waals surface area contributed by atoms with Gasteiger partial charge in [0.15, 0.2) is 0 Å². The lowest BCUT2D eigenvalue weighted by Gasteiger charge is -2.57. The maximum Gasteiger partial charge on any atom is 0.308 e. The highest BCUT2D eigenvalue weighted by Gasteiger charge is 2.49. The van der Waals surface area contributed by atoms with Crippen LogP contribution in [0, 0.1) is 11.8 Å². The SMILES string of the molecule is CC/C=C/C[C@@H](O)CC(=O)O[C@H]1CCN2C[C@@H]3C[C@@H](CN4C(=O)CCC[C@H]34)[C@@H]2C1. The lowest BCUT2D eigenvalue weighted by molar-refractivity contribution is -0.160. The number of fused-ring (bicyclic) bond motifs is 6. The van der Waals surface area contributed by atoms with Crippen molar-refractivity contribution in [1.29, 1.82) is 0 Å². The molecule has 0 aromatic carbocycles. The molecule has 162 valence electrons. The lowest BCUT2D eigenvalue weighted by Crippen LogP contribution is -2.65. The minimum Gasteiger partial charge on any atom is -0.462 e. The van der Waals surface area contributed by atoms with Gasteiger partial charge in [0.05, 0.1) is 12.5 Å². The second-order valence-electron chi connectivity index (χ2n) is 9.43. The van der Waals surface area contributed by atoms with Crippen LogP contribution in [-0.4, -0.2) is 70.7 Å². The lowest BCUT2D eigenvalue weighted by atomic mass is 9.70. The first-order valence-electron chi connectivity index (χ1n) is 11.6. The molecule has 4 aliphatic heterocycles. The van der Waals surface area contributed by atoms with E-state index in [9.17, 15) is 14.7 Å². The maximum absolute atomic E-state index is 12.4. The van der Waals surface area contributed by atoms with Crippen molar-refractivity contribution in [2.24, 2.45) is 11.8 Å². The fourth-order valence-corrected chi connectivity index (χ4v) is 6.09. The molecule has 6 atom stereocenters. The number of allylic oxidation sites excluding steroid dienone is 1.